The molecule has 1 heteroatoms. The minimum Gasteiger partial charge on any atom is -0.340 e. The summed E-state index contributed by atoms with van der Waals surface area (Å²) in [6.45, 7) is 22.3. The van der Waals surface area contributed by atoms with Crippen molar-refractivity contribution in [1.29, 1.82) is 0 Å². The van der Waals surface area contributed by atoms with Crippen molar-refractivity contribution in [1.82, 2.24) is 4.57 Å². The number of nitrogens with zero attached hydrogens (tertiary/aromatic N) is 1. The van der Waals surface area contributed by atoms with E-state index in [0.29, 0.717) is 0 Å². The van der Waals surface area contributed by atoms with E-state index in [4.69, 9.17) is 0 Å². The molecule has 0 radical (unpaired) electrons. The van der Waals surface area contributed by atoms with E-state index in [1.54, 1.807) is 66.3 Å². The first-order chi connectivity index (χ1) is 15.0. The average molecular weight is 420 g/mol. The predicted octanol–water partition coefficient (Wildman–Crippen LogP) is 8.31. The summed E-state index contributed by atoms with van der Waals surface area (Å²) in [6.07, 6.45) is 9.06. The number of aromatic nitrogens is 1. The maximum atomic E-state index is 2.72. The van der Waals surface area contributed by atoms with Gasteiger partial charge < -0.3 is 4.57 Å². The third-order valence-electron chi connectivity index (χ3n) is 7.77. The Morgan fingerprint density at radius 2 is 0.613 bits per heavy atom. The normalized spacial score (nSPS) is 11.9. The molecule has 2 aromatic carbocycles. The summed E-state index contributed by atoms with van der Waals surface area (Å²) >= 11 is 0. The maximum absolute atomic E-state index is 2.72. The molecule has 0 saturated carbocycles. The minimum absolute atomic E-state index is 1.05. The molecule has 0 saturated heterocycles. The molecule has 0 bridgehead atoms. The monoisotopic (exact) mass is 419 g/mol. The maximum Gasteiger partial charge on any atom is 0.0529 e. The highest BCUT2D eigenvalue weighted by atomic mass is 15.0. The Labute approximate surface area is 191 Å². The van der Waals surface area contributed by atoms with Crippen molar-refractivity contribution in [2.75, 3.05) is 0 Å². The van der Waals surface area contributed by atoms with E-state index >= 15 is 0 Å². The van der Waals surface area contributed by atoms with Crippen molar-refractivity contribution in [3.63, 3.8) is 0 Å². The number of aryl methyl sites for hydroxylation is 5. The van der Waals surface area contributed by atoms with Gasteiger partial charge in [-0.2, -0.15) is 0 Å². The molecule has 3 rings (SSSR count). The molecule has 1 nitrogen and oxygen atoms in total. The molecule has 0 amide bonds. The lowest BCUT2D eigenvalue weighted by atomic mass is 9.83. The number of benzene rings is 2. The van der Waals surface area contributed by atoms with Gasteiger partial charge in [0.05, 0.1) is 11.0 Å². The van der Waals surface area contributed by atoms with E-state index in [1.165, 1.54) is 0 Å². The number of fused-ring (bicyclic) bond motifs is 3. The number of hydrogen-bond acceptors (Lipinski definition) is 0. The third kappa shape index (κ3) is 3.35. The Kier molecular flexibility index (Phi) is 7.55. The van der Waals surface area contributed by atoms with Crippen molar-refractivity contribution in [3.05, 3.63) is 44.5 Å². The van der Waals surface area contributed by atoms with Crippen LogP contribution in [0.2, 0.25) is 0 Å². The molecule has 1 aromatic heterocycles. The molecule has 0 aliphatic carbocycles. The molecule has 0 atom stereocenters. The van der Waals surface area contributed by atoms with Crippen molar-refractivity contribution in [2.45, 2.75) is 120 Å². The van der Waals surface area contributed by atoms with Gasteiger partial charge in [0, 0.05) is 17.3 Å². The average Bonchev–Trinajstić information content (AvgIpc) is 3.14. The van der Waals surface area contributed by atoms with Crippen LogP contribution in [0.3, 0.4) is 0 Å². The summed E-state index contributed by atoms with van der Waals surface area (Å²) in [7, 11) is 0. The Hall–Kier alpha value is -1.76. The summed E-state index contributed by atoms with van der Waals surface area (Å²) in [5, 5.41) is 3.21. The van der Waals surface area contributed by atoms with Crippen LogP contribution in [0.1, 0.15) is 107 Å². The first-order valence-corrected chi connectivity index (χ1v) is 13.2. The Bertz CT molecular complexity index is 1010. The van der Waals surface area contributed by atoms with E-state index in [-0.39, 0.29) is 0 Å². The predicted molar refractivity (Wildman–Crippen MR) is 140 cm³/mol. The molecule has 170 valence electrons. The topological polar surface area (TPSA) is 4.93 Å². The molecule has 1 heterocycles. The van der Waals surface area contributed by atoms with Gasteiger partial charge >= 0.3 is 0 Å². The Morgan fingerprint density at radius 3 is 0.839 bits per heavy atom. The fourth-order valence-corrected chi connectivity index (χ4v) is 6.72. The molecule has 3 aromatic rings. The zero-order valence-electron chi connectivity index (χ0n) is 21.8. The van der Waals surface area contributed by atoms with Gasteiger partial charge in [-0.15, -0.1) is 0 Å². The molecular weight excluding hydrogens is 374 g/mol. The van der Waals surface area contributed by atoms with Gasteiger partial charge in [-0.05, 0) is 103 Å². The second kappa shape index (κ2) is 9.80. The molecule has 0 N–H and O–H groups in total. The van der Waals surface area contributed by atoms with Crippen molar-refractivity contribution in [3.8, 4) is 0 Å². The van der Waals surface area contributed by atoms with Crippen LogP contribution < -0.4 is 0 Å². The van der Waals surface area contributed by atoms with Crippen molar-refractivity contribution >= 4 is 21.8 Å². The van der Waals surface area contributed by atoms with Gasteiger partial charge in [0.1, 0.15) is 0 Å². The standard InChI is InChI=1S/C30H45N/c1-10-19-21(12-3)25(16-7)29-27(23(19)14-5)28-24(15-6)20(11-2)22(13-4)26(17-8)30(28)31(29)18-9/h10-18H2,1-9H3. The molecule has 0 fully saturated rings. The first kappa shape index (κ1) is 23.9. The lowest BCUT2D eigenvalue weighted by molar-refractivity contribution is 0.809. The van der Waals surface area contributed by atoms with Crippen LogP contribution >= 0.6 is 0 Å². The van der Waals surface area contributed by atoms with Gasteiger partial charge in [-0.3, -0.25) is 0 Å². The van der Waals surface area contributed by atoms with E-state index in [1.807, 2.05) is 0 Å². The van der Waals surface area contributed by atoms with Crippen LogP contribution in [0.25, 0.3) is 21.8 Å². The zero-order chi connectivity index (χ0) is 22.9. The summed E-state index contributed by atoms with van der Waals surface area (Å²) in [5.74, 6) is 0. The summed E-state index contributed by atoms with van der Waals surface area (Å²) < 4.78 is 2.72. The minimum atomic E-state index is 1.05. The van der Waals surface area contributed by atoms with Gasteiger partial charge in [0.15, 0.2) is 0 Å². The number of rotatable bonds is 9. The summed E-state index contributed by atoms with van der Waals surface area (Å²) in [6, 6.07) is 0. The molecule has 0 spiro atoms. The molecule has 31 heavy (non-hydrogen) atoms. The van der Waals surface area contributed by atoms with Gasteiger partial charge in [0.2, 0.25) is 0 Å². The smallest absolute Gasteiger partial charge is 0.0529 e. The van der Waals surface area contributed by atoms with E-state index in [0.717, 1.165) is 57.9 Å². The highest BCUT2D eigenvalue weighted by molar-refractivity contribution is 6.15. The van der Waals surface area contributed by atoms with Crippen LogP contribution in [-0.4, -0.2) is 4.57 Å². The third-order valence-corrected chi connectivity index (χ3v) is 7.77. The first-order valence-electron chi connectivity index (χ1n) is 13.2. The molecule has 0 aliphatic rings. The van der Waals surface area contributed by atoms with Crippen LogP contribution in [0.5, 0.6) is 0 Å². The molecular formula is C30H45N. The fourth-order valence-electron chi connectivity index (χ4n) is 6.72. The van der Waals surface area contributed by atoms with Crippen LogP contribution in [0.15, 0.2) is 0 Å². The highest BCUT2D eigenvalue weighted by Crippen LogP contribution is 2.44. The lowest BCUT2D eigenvalue weighted by Crippen LogP contribution is -2.07. The fraction of sp³-hybridized carbons (Fsp3) is 0.600. The Balaban J connectivity index is 2.85. The Morgan fingerprint density at radius 1 is 0.355 bits per heavy atom. The van der Waals surface area contributed by atoms with E-state index < -0.39 is 0 Å². The summed E-state index contributed by atoms with van der Waals surface area (Å²) in [5.41, 5.74) is 16.2. The van der Waals surface area contributed by atoms with Gasteiger partial charge in [0.25, 0.3) is 0 Å². The molecule has 0 aliphatic heterocycles. The number of hydrogen-bond donors (Lipinski definition) is 0. The SMILES string of the molecule is CCc1c(CC)c(CC)c2c(c1CC)c1c(CC)c(CC)c(CC)c(CC)c1n2CC. The second-order valence-electron chi connectivity index (χ2n) is 8.85. The van der Waals surface area contributed by atoms with Crippen LogP contribution in [0.4, 0.5) is 0 Å². The summed E-state index contributed by atoms with van der Waals surface area (Å²) in [4.78, 5) is 0. The highest BCUT2D eigenvalue weighted by Gasteiger charge is 2.27. The van der Waals surface area contributed by atoms with Crippen LogP contribution in [-0.2, 0) is 57.9 Å². The lowest BCUT2D eigenvalue weighted by Gasteiger charge is -2.20. The van der Waals surface area contributed by atoms with E-state index in [2.05, 4.69) is 66.9 Å². The van der Waals surface area contributed by atoms with Crippen LogP contribution in [0, 0.1) is 0 Å². The quantitative estimate of drug-likeness (QED) is 0.328. The van der Waals surface area contributed by atoms with Crippen molar-refractivity contribution in [2.24, 2.45) is 0 Å². The van der Waals surface area contributed by atoms with Gasteiger partial charge in [-0.25, -0.2) is 0 Å². The van der Waals surface area contributed by atoms with Crippen molar-refractivity contribution < 1.29 is 0 Å². The van der Waals surface area contributed by atoms with E-state index in [9.17, 15) is 0 Å². The largest absolute Gasteiger partial charge is 0.340 e. The second-order valence-corrected chi connectivity index (χ2v) is 8.85. The molecule has 0 unspecified atom stereocenters. The zero-order valence-corrected chi connectivity index (χ0v) is 21.8. The van der Waals surface area contributed by atoms with Gasteiger partial charge in [-0.1, -0.05) is 55.4 Å².